The van der Waals surface area contributed by atoms with Crippen LogP contribution in [0.4, 0.5) is 5.82 Å². The van der Waals surface area contributed by atoms with Crippen LogP contribution in [0.1, 0.15) is 36.3 Å². The molecule has 0 aliphatic carbocycles. The number of carboxylic acid groups (broad SMARTS) is 1. The first kappa shape index (κ1) is 15.5. The number of hydrogen-bond acceptors (Lipinski definition) is 4. The number of nitrogens with one attached hydrogen (secondary N) is 1. The van der Waals surface area contributed by atoms with Gasteiger partial charge in [0.05, 0.1) is 5.69 Å². The van der Waals surface area contributed by atoms with Crippen molar-refractivity contribution >= 4 is 11.8 Å². The summed E-state index contributed by atoms with van der Waals surface area (Å²) in [5, 5.41) is 16.5. The highest BCUT2D eigenvalue weighted by atomic mass is 16.4. The fraction of sp³-hybridized carbons (Fsp3) is 0.692. The summed E-state index contributed by atoms with van der Waals surface area (Å²) in [6, 6.07) is 0.522. The first-order valence-corrected chi connectivity index (χ1v) is 6.55. The number of hydrogen-bond donors (Lipinski definition) is 2. The molecular weight excluding hydrogens is 244 g/mol. The molecule has 19 heavy (non-hydrogen) atoms. The summed E-state index contributed by atoms with van der Waals surface area (Å²) < 4.78 is 1.59. The predicted octanol–water partition coefficient (Wildman–Crippen LogP) is 1.57. The summed E-state index contributed by atoms with van der Waals surface area (Å²) in [5.41, 5.74) is 0.802. The number of aromatic carboxylic acids is 1. The van der Waals surface area contributed by atoms with E-state index in [0.717, 1.165) is 19.5 Å². The fourth-order valence-electron chi connectivity index (χ4n) is 1.91. The predicted molar refractivity (Wildman–Crippen MR) is 75.8 cm³/mol. The van der Waals surface area contributed by atoms with Crippen molar-refractivity contribution < 1.29 is 9.90 Å². The highest BCUT2D eigenvalue weighted by Crippen LogP contribution is 2.18. The Morgan fingerprint density at radius 2 is 2.16 bits per heavy atom. The highest BCUT2D eigenvalue weighted by molar-refractivity contribution is 5.94. The van der Waals surface area contributed by atoms with Gasteiger partial charge >= 0.3 is 5.97 Å². The molecule has 0 unspecified atom stereocenters. The molecule has 0 saturated heterocycles. The van der Waals surface area contributed by atoms with Gasteiger partial charge in [0.25, 0.3) is 0 Å². The number of carbonyl (C=O) groups is 1. The standard InChI is InChI=1S/C13H24N4O2/c1-9(2)16(4)8-6-7-14-12-11(13(18)19)10(3)15-17(12)5/h9,14H,6-8H2,1-5H3,(H,18,19). The lowest BCUT2D eigenvalue weighted by molar-refractivity contribution is 0.0697. The molecule has 0 bridgehead atoms. The van der Waals surface area contributed by atoms with Crippen LogP contribution in [0.2, 0.25) is 0 Å². The number of anilines is 1. The normalized spacial score (nSPS) is 11.3. The van der Waals surface area contributed by atoms with Crippen molar-refractivity contribution in [1.82, 2.24) is 14.7 Å². The minimum absolute atomic E-state index is 0.264. The van der Waals surface area contributed by atoms with Gasteiger partial charge in [0, 0.05) is 19.6 Å². The molecule has 6 nitrogen and oxygen atoms in total. The zero-order valence-electron chi connectivity index (χ0n) is 12.4. The van der Waals surface area contributed by atoms with Crippen LogP contribution >= 0.6 is 0 Å². The van der Waals surface area contributed by atoms with Gasteiger partial charge in [0.15, 0.2) is 0 Å². The third-order valence-corrected chi connectivity index (χ3v) is 3.30. The zero-order chi connectivity index (χ0) is 14.6. The molecule has 0 aromatic carbocycles. The van der Waals surface area contributed by atoms with Crippen molar-refractivity contribution in [3.05, 3.63) is 11.3 Å². The van der Waals surface area contributed by atoms with Gasteiger partial charge in [-0.3, -0.25) is 4.68 Å². The Morgan fingerprint density at radius 1 is 1.53 bits per heavy atom. The smallest absolute Gasteiger partial charge is 0.341 e. The maximum absolute atomic E-state index is 11.2. The molecule has 108 valence electrons. The van der Waals surface area contributed by atoms with Gasteiger partial charge in [-0.1, -0.05) is 0 Å². The van der Waals surface area contributed by atoms with E-state index in [-0.39, 0.29) is 5.56 Å². The monoisotopic (exact) mass is 268 g/mol. The number of aryl methyl sites for hydroxylation is 2. The van der Waals surface area contributed by atoms with Gasteiger partial charge < -0.3 is 15.3 Å². The van der Waals surface area contributed by atoms with Crippen LogP contribution in [0.15, 0.2) is 0 Å². The summed E-state index contributed by atoms with van der Waals surface area (Å²) in [7, 11) is 3.84. The van der Waals surface area contributed by atoms with Crippen LogP contribution in [0.25, 0.3) is 0 Å². The zero-order valence-corrected chi connectivity index (χ0v) is 12.4. The lowest BCUT2D eigenvalue weighted by Gasteiger charge is -2.20. The van der Waals surface area contributed by atoms with Gasteiger partial charge in [-0.2, -0.15) is 5.10 Å². The van der Waals surface area contributed by atoms with E-state index in [0.29, 0.717) is 17.6 Å². The Labute approximate surface area is 114 Å². The second-order valence-electron chi connectivity index (χ2n) is 5.09. The molecule has 0 aliphatic heterocycles. The van der Waals surface area contributed by atoms with Crippen molar-refractivity contribution in [3.8, 4) is 0 Å². The van der Waals surface area contributed by atoms with E-state index in [1.807, 2.05) is 0 Å². The van der Waals surface area contributed by atoms with Crippen LogP contribution in [-0.4, -0.2) is 51.9 Å². The summed E-state index contributed by atoms with van der Waals surface area (Å²) in [6.07, 6.45) is 0.956. The van der Waals surface area contributed by atoms with Gasteiger partial charge in [-0.25, -0.2) is 4.79 Å². The molecule has 1 aromatic heterocycles. The topological polar surface area (TPSA) is 70.4 Å². The lowest BCUT2D eigenvalue weighted by atomic mass is 10.2. The van der Waals surface area contributed by atoms with Crippen LogP contribution in [-0.2, 0) is 7.05 Å². The molecule has 0 saturated carbocycles. The highest BCUT2D eigenvalue weighted by Gasteiger charge is 2.19. The van der Waals surface area contributed by atoms with Gasteiger partial charge in [-0.05, 0) is 40.8 Å². The van der Waals surface area contributed by atoms with Crippen molar-refractivity contribution in [2.24, 2.45) is 7.05 Å². The first-order valence-electron chi connectivity index (χ1n) is 6.55. The molecule has 2 N–H and O–H groups in total. The molecular formula is C13H24N4O2. The third kappa shape index (κ3) is 3.96. The molecule has 0 atom stereocenters. The molecule has 6 heteroatoms. The Bertz CT molecular complexity index is 440. The SMILES string of the molecule is Cc1nn(C)c(NCCCN(C)C(C)C)c1C(=O)O. The Hall–Kier alpha value is -1.56. The molecule has 1 aromatic rings. The van der Waals surface area contributed by atoms with E-state index in [4.69, 9.17) is 0 Å². The summed E-state index contributed by atoms with van der Waals surface area (Å²) >= 11 is 0. The van der Waals surface area contributed by atoms with Gasteiger partial charge in [0.2, 0.25) is 0 Å². The summed E-state index contributed by atoms with van der Waals surface area (Å²) in [4.78, 5) is 13.4. The van der Waals surface area contributed by atoms with Crippen molar-refractivity contribution in [3.63, 3.8) is 0 Å². The molecule has 1 rings (SSSR count). The molecule has 0 radical (unpaired) electrons. The fourth-order valence-corrected chi connectivity index (χ4v) is 1.91. The molecule has 1 heterocycles. The second kappa shape index (κ2) is 6.56. The Balaban J connectivity index is 2.56. The largest absolute Gasteiger partial charge is 0.477 e. The van der Waals surface area contributed by atoms with E-state index in [1.54, 1.807) is 18.7 Å². The summed E-state index contributed by atoms with van der Waals surface area (Å²) in [6.45, 7) is 7.72. The molecule has 0 amide bonds. The van der Waals surface area contributed by atoms with Crippen molar-refractivity contribution in [1.29, 1.82) is 0 Å². The summed E-state index contributed by atoms with van der Waals surface area (Å²) in [5.74, 6) is -0.357. The Morgan fingerprint density at radius 3 is 2.68 bits per heavy atom. The molecule has 0 aliphatic rings. The molecule has 0 spiro atoms. The van der Waals surface area contributed by atoms with Gasteiger partial charge in [-0.15, -0.1) is 0 Å². The van der Waals surface area contributed by atoms with Crippen LogP contribution in [0.5, 0.6) is 0 Å². The molecule has 0 fully saturated rings. The number of rotatable bonds is 7. The van der Waals surface area contributed by atoms with E-state index in [9.17, 15) is 9.90 Å². The van der Waals surface area contributed by atoms with Crippen LogP contribution in [0.3, 0.4) is 0 Å². The number of nitrogens with zero attached hydrogens (tertiary/aromatic N) is 3. The lowest BCUT2D eigenvalue weighted by Crippen LogP contribution is -2.28. The van der Waals surface area contributed by atoms with E-state index >= 15 is 0 Å². The van der Waals surface area contributed by atoms with Crippen LogP contribution in [0, 0.1) is 6.92 Å². The third-order valence-electron chi connectivity index (χ3n) is 3.30. The van der Waals surface area contributed by atoms with Crippen molar-refractivity contribution in [2.45, 2.75) is 33.2 Å². The van der Waals surface area contributed by atoms with Crippen LogP contribution < -0.4 is 5.32 Å². The van der Waals surface area contributed by atoms with E-state index in [2.05, 4.69) is 36.2 Å². The Kier molecular flexibility index (Phi) is 5.35. The van der Waals surface area contributed by atoms with Crippen molar-refractivity contribution in [2.75, 3.05) is 25.5 Å². The maximum atomic E-state index is 11.2. The number of aromatic nitrogens is 2. The minimum atomic E-state index is -0.938. The minimum Gasteiger partial charge on any atom is -0.477 e. The average molecular weight is 268 g/mol. The first-order chi connectivity index (χ1) is 8.84. The number of carboxylic acids is 1. The average Bonchev–Trinajstić information content (AvgIpc) is 2.58. The maximum Gasteiger partial charge on any atom is 0.341 e. The quantitative estimate of drug-likeness (QED) is 0.735. The van der Waals surface area contributed by atoms with E-state index < -0.39 is 5.97 Å². The van der Waals surface area contributed by atoms with E-state index in [1.165, 1.54) is 0 Å². The second-order valence-corrected chi connectivity index (χ2v) is 5.09. The van der Waals surface area contributed by atoms with Gasteiger partial charge in [0.1, 0.15) is 11.4 Å².